The molecule has 1 heterocycles. The Hall–Kier alpha value is -2.14. The maximum Gasteiger partial charge on any atom is 0.138 e. The van der Waals surface area contributed by atoms with E-state index in [2.05, 4.69) is 15.2 Å². The molecule has 0 N–H and O–H groups in total. The highest BCUT2D eigenvalue weighted by Gasteiger charge is 2.22. The van der Waals surface area contributed by atoms with Crippen LogP contribution >= 0.6 is 0 Å². The highest BCUT2D eigenvalue weighted by atomic mass is 19.1. The van der Waals surface area contributed by atoms with Gasteiger partial charge in [-0.15, -0.1) is 0 Å². The van der Waals surface area contributed by atoms with Crippen molar-refractivity contribution in [3.05, 3.63) is 45.8 Å². The van der Waals surface area contributed by atoms with E-state index in [4.69, 9.17) is 10.4 Å². The zero-order valence-electron chi connectivity index (χ0n) is 8.68. The lowest BCUT2D eigenvalue weighted by Gasteiger charge is -2.02. The SMILES string of the molecule is [N-]=[N+]=NCC1CC(c2cc(F)cc(F)c2)=NO1. The van der Waals surface area contributed by atoms with Crippen LogP contribution in [0.25, 0.3) is 10.4 Å². The summed E-state index contributed by atoms with van der Waals surface area (Å²) < 4.78 is 26.0. The first-order valence-corrected chi connectivity index (χ1v) is 4.89. The van der Waals surface area contributed by atoms with Crippen molar-refractivity contribution in [3.8, 4) is 0 Å². The number of hydrogen-bond acceptors (Lipinski definition) is 3. The molecule has 0 radical (unpaired) electrons. The van der Waals surface area contributed by atoms with Crippen LogP contribution in [0.3, 0.4) is 0 Å². The van der Waals surface area contributed by atoms with Gasteiger partial charge in [-0.2, -0.15) is 0 Å². The summed E-state index contributed by atoms with van der Waals surface area (Å²) in [6, 6.07) is 3.15. The smallest absolute Gasteiger partial charge is 0.138 e. The summed E-state index contributed by atoms with van der Waals surface area (Å²) >= 11 is 0. The topological polar surface area (TPSA) is 70.4 Å². The predicted octanol–water partition coefficient (Wildman–Crippen LogP) is 2.77. The number of nitrogens with zero attached hydrogens (tertiary/aromatic N) is 4. The van der Waals surface area contributed by atoms with Gasteiger partial charge in [-0.25, -0.2) is 8.78 Å². The molecular formula is C10H8F2N4O. The van der Waals surface area contributed by atoms with Crippen molar-refractivity contribution in [2.45, 2.75) is 12.5 Å². The molecule has 1 aliphatic rings. The molecule has 88 valence electrons. The minimum absolute atomic E-state index is 0.140. The van der Waals surface area contributed by atoms with E-state index in [1.165, 1.54) is 12.1 Å². The fraction of sp³-hybridized carbons (Fsp3) is 0.300. The number of rotatable bonds is 3. The monoisotopic (exact) mass is 238 g/mol. The molecule has 0 saturated heterocycles. The van der Waals surface area contributed by atoms with Gasteiger partial charge in [0.1, 0.15) is 17.7 Å². The Morgan fingerprint density at radius 1 is 1.41 bits per heavy atom. The summed E-state index contributed by atoms with van der Waals surface area (Å²) in [5, 5.41) is 7.07. The van der Waals surface area contributed by atoms with E-state index in [0.717, 1.165) is 6.07 Å². The quantitative estimate of drug-likeness (QED) is 0.453. The van der Waals surface area contributed by atoms with E-state index in [1.54, 1.807) is 0 Å². The van der Waals surface area contributed by atoms with E-state index in [-0.39, 0.29) is 12.6 Å². The Kier molecular flexibility index (Phi) is 3.20. The third kappa shape index (κ3) is 2.70. The Morgan fingerprint density at radius 2 is 2.12 bits per heavy atom. The Balaban J connectivity index is 2.12. The standard InChI is InChI=1S/C10H8F2N4O/c11-7-1-6(2-8(12)3-7)10-4-9(17-15-10)5-14-16-13/h1-3,9H,4-5H2. The van der Waals surface area contributed by atoms with Crippen LogP contribution in [0.2, 0.25) is 0 Å². The minimum Gasteiger partial charge on any atom is -0.392 e. The fourth-order valence-corrected chi connectivity index (χ4v) is 1.54. The molecule has 17 heavy (non-hydrogen) atoms. The van der Waals surface area contributed by atoms with Gasteiger partial charge in [-0.3, -0.25) is 0 Å². The Bertz CT molecular complexity index is 491. The summed E-state index contributed by atoms with van der Waals surface area (Å²) in [5.74, 6) is -1.33. The van der Waals surface area contributed by atoms with Crippen LogP contribution in [0.1, 0.15) is 12.0 Å². The second-order valence-electron chi connectivity index (χ2n) is 3.54. The van der Waals surface area contributed by atoms with Gasteiger partial charge >= 0.3 is 0 Å². The molecule has 1 aromatic carbocycles. The Labute approximate surface area is 95.3 Å². The van der Waals surface area contributed by atoms with Gasteiger partial charge < -0.3 is 4.84 Å². The van der Waals surface area contributed by atoms with E-state index in [0.29, 0.717) is 17.7 Å². The number of oxime groups is 1. The molecule has 0 saturated carbocycles. The average Bonchev–Trinajstić information content (AvgIpc) is 2.73. The van der Waals surface area contributed by atoms with Crippen molar-refractivity contribution >= 4 is 5.71 Å². The first kappa shape index (κ1) is 11.3. The molecule has 0 fully saturated rings. The zero-order valence-corrected chi connectivity index (χ0v) is 8.68. The van der Waals surface area contributed by atoms with Crippen LogP contribution < -0.4 is 0 Å². The van der Waals surface area contributed by atoms with Crippen LogP contribution in [0.4, 0.5) is 8.78 Å². The first-order valence-electron chi connectivity index (χ1n) is 4.89. The van der Waals surface area contributed by atoms with Gasteiger partial charge in [0.2, 0.25) is 0 Å². The van der Waals surface area contributed by atoms with Gasteiger partial charge in [0, 0.05) is 23.0 Å². The minimum atomic E-state index is -0.666. The number of azide groups is 1. The van der Waals surface area contributed by atoms with E-state index >= 15 is 0 Å². The van der Waals surface area contributed by atoms with E-state index in [9.17, 15) is 8.78 Å². The summed E-state index contributed by atoms with van der Waals surface area (Å²) in [7, 11) is 0. The molecule has 1 atom stereocenters. The highest BCUT2D eigenvalue weighted by Crippen LogP contribution is 2.18. The van der Waals surface area contributed by atoms with Gasteiger partial charge in [0.25, 0.3) is 0 Å². The molecule has 1 aromatic rings. The summed E-state index contributed by atoms with van der Waals surface area (Å²) in [6.45, 7) is 0.140. The number of hydrogen-bond donors (Lipinski definition) is 0. The molecule has 7 heteroatoms. The molecule has 1 unspecified atom stereocenters. The summed E-state index contributed by atoms with van der Waals surface area (Å²) in [4.78, 5) is 7.58. The molecule has 1 aliphatic heterocycles. The van der Waals surface area contributed by atoms with Crippen LogP contribution in [-0.4, -0.2) is 18.4 Å². The van der Waals surface area contributed by atoms with Gasteiger partial charge in [0.15, 0.2) is 0 Å². The second-order valence-corrected chi connectivity index (χ2v) is 3.54. The van der Waals surface area contributed by atoms with Crippen molar-refractivity contribution in [1.29, 1.82) is 0 Å². The molecule has 0 aliphatic carbocycles. The molecule has 0 spiro atoms. The first-order chi connectivity index (χ1) is 8.19. The second kappa shape index (κ2) is 4.80. The van der Waals surface area contributed by atoms with Gasteiger partial charge in [-0.05, 0) is 17.7 Å². The zero-order chi connectivity index (χ0) is 12.3. The predicted molar refractivity (Wildman–Crippen MR) is 56.4 cm³/mol. The van der Waals surface area contributed by atoms with E-state index < -0.39 is 11.6 Å². The van der Waals surface area contributed by atoms with Crippen molar-refractivity contribution in [3.63, 3.8) is 0 Å². The van der Waals surface area contributed by atoms with Crippen LogP contribution in [0.5, 0.6) is 0 Å². The molecule has 2 rings (SSSR count). The van der Waals surface area contributed by atoms with Crippen LogP contribution in [-0.2, 0) is 4.84 Å². The largest absolute Gasteiger partial charge is 0.392 e. The van der Waals surface area contributed by atoms with Crippen molar-refractivity contribution < 1.29 is 13.6 Å². The lowest BCUT2D eigenvalue weighted by atomic mass is 10.0. The normalized spacial score (nSPS) is 18.2. The lowest BCUT2D eigenvalue weighted by molar-refractivity contribution is 0.0919. The molecule has 0 bridgehead atoms. The molecule has 0 aromatic heterocycles. The molecular weight excluding hydrogens is 230 g/mol. The molecule has 5 nitrogen and oxygen atoms in total. The number of halogens is 2. The van der Waals surface area contributed by atoms with Gasteiger partial charge in [0.05, 0.1) is 12.3 Å². The third-order valence-electron chi connectivity index (χ3n) is 2.28. The highest BCUT2D eigenvalue weighted by molar-refractivity contribution is 6.01. The lowest BCUT2D eigenvalue weighted by Crippen LogP contribution is -2.11. The Morgan fingerprint density at radius 3 is 2.76 bits per heavy atom. The molecule has 0 amide bonds. The summed E-state index contributed by atoms with van der Waals surface area (Å²) in [6.07, 6.45) is -0.00530. The third-order valence-corrected chi connectivity index (χ3v) is 2.28. The maximum absolute atomic E-state index is 13.0. The number of benzene rings is 1. The van der Waals surface area contributed by atoms with Crippen molar-refractivity contribution in [2.24, 2.45) is 10.3 Å². The van der Waals surface area contributed by atoms with Crippen LogP contribution in [0, 0.1) is 11.6 Å². The van der Waals surface area contributed by atoms with Crippen molar-refractivity contribution in [1.82, 2.24) is 0 Å². The summed E-state index contributed by atoms with van der Waals surface area (Å²) in [5.41, 5.74) is 8.93. The van der Waals surface area contributed by atoms with Crippen molar-refractivity contribution in [2.75, 3.05) is 6.54 Å². The van der Waals surface area contributed by atoms with E-state index in [1.807, 2.05) is 0 Å². The average molecular weight is 238 g/mol. The maximum atomic E-state index is 13.0. The fourth-order valence-electron chi connectivity index (χ4n) is 1.54. The van der Waals surface area contributed by atoms with Gasteiger partial charge in [-0.1, -0.05) is 10.3 Å². The van der Waals surface area contributed by atoms with Crippen LogP contribution in [0.15, 0.2) is 28.5 Å².